The third kappa shape index (κ3) is 5.36. The molecule has 1 fully saturated rings. The highest BCUT2D eigenvalue weighted by molar-refractivity contribution is 5.81. The summed E-state index contributed by atoms with van der Waals surface area (Å²) >= 11 is 0. The molecule has 1 atom stereocenters. The smallest absolute Gasteiger partial charge is 0.370 e. The van der Waals surface area contributed by atoms with Gasteiger partial charge < -0.3 is 15.0 Å². The average Bonchev–Trinajstić information content (AvgIpc) is 2.37. The van der Waals surface area contributed by atoms with Crippen LogP contribution in [-0.2, 0) is 9.53 Å². The van der Waals surface area contributed by atoms with Crippen LogP contribution in [0.5, 0.6) is 0 Å². The van der Waals surface area contributed by atoms with E-state index in [1.165, 1.54) is 0 Å². The number of hydrogen-bond donors (Lipinski definition) is 1. The van der Waals surface area contributed by atoms with Crippen LogP contribution in [0.4, 0.5) is 13.2 Å². The first-order valence-electron chi connectivity index (χ1n) is 5.57. The topological polar surface area (TPSA) is 41.6 Å². The monoisotopic (exact) mass is 254 g/mol. The van der Waals surface area contributed by atoms with Crippen LogP contribution in [0.3, 0.4) is 0 Å². The first-order chi connectivity index (χ1) is 7.90. The summed E-state index contributed by atoms with van der Waals surface area (Å²) in [5.41, 5.74) is 0. The second-order valence-corrected chi connectivity index (χ2v) is 4.02. The second-order valence-electron chi connectivity index (χ2n) is 4.02. The van der Waals surface area contributed by atoms with Gasteiger partial charge in [-0.1, -0.05) is 0 Å². The molecule has 4 nitrogen and oxygen atoms in total. The molecular formula is C10H17F3N2O2. The van der Waals surface area contributed by atoms with Crippen molar-refractivity contribution in [2.45, 2.75) is 25.6 Å². The molecule has 0 spiro atoms. The summed E-state index contributed by atoms with van der Waals surface area (Å²) in [6, 6.07) is -0.278. The van der Waals surface area contributed by atoms with Gasteiger partial charge >= 0.3 is 6.18 Å². The fourth-order valence-corrected chi connectivity index (χ4v) is 1.64. The van der Waals surface area contributed by atoms with Crippen molar-refractivity contribution in [3.63, 3.8) is 0 Å². The quantitative estimate of drug-likeness (QED) is 0.754. The van der Waals surface area contributed by atoms with Crippen molar-refractivity contribution in [3.8, 4) is 0 Å². The van der Waals surface area contributed by atoms with Crippen LogP contribution in [0.25, 0.3) is 0 Å². The van der Waals surface area contributed by atoms with E-state index in [1.54, 1.807) is 11.8 Å². The third-order valence-corrected chi connectivity index (χ3v) is 2.51. The summed E-state index contributed by atoms with van der Waals surface area (Å²) in [7, 11) is 0. The van der Waals surface area contributed by atoms with Crippen LogP contribution in [0.1, 0.15) is 13.3 Å². The Bertz CT molecular complexity index is 258. The van der Waals surface area contributed by atoms with E-state index in [4.69, 9.17) is 0 Å². The summed E-state index contributed by atoms with van der Waals surface area (Å²) in [6.07, 6.45) is -3.51. The van der Waals surface area contributed by atoms with Gasteiger partial charge in [0.05, 0.1) is 12.6 Å². The molecule has 0 aromatic rings. The molecule has 1 saturated heterocycles. The van der Waals surface area contributed by atoms with E-state index in [1.807, 2.05) is 0 Å². The van der Waals surface area contributed by atoms with Gasteiger partial charge in [0, 0.05) is 13.1 Å². The molecule has 1 heterocycles. The van der Waals surface area contributed by atoms with E-state index in [0.29, 0.717) is 6.54 Å². The first-order valence-corrected chi connectivity index (χ1v) is 5.57. The summed E-state index contributed by atoms with van der Waals surface area (Å²) in [4.78, 5) is 13.3. The van der Waals surface area contributed by atoms with Crippen molar-refractivity contribution in [2.24, 2.45) is 0 Å². The van der Waals surface area contributed by atoms with Gasteiger partial charge in [-0.05, 0) is 19.9 Å². The number of carbonyl (C=O) groups excluding carboxylic acids is 1. The number of carbonyl (C=O) groups is 1. The largest absolute Gasteiger partial charge is 0.411 e. The lowest BCUT2D eigenvalue weighted by Gasteiger charge is -2.22. The fraction of sp³-hybridized carbons (Fsp3) is 0.900. The zero-order valence-electron chi connectivity index (χ0n) is 9.72. The number of rotatable bonds is 4. The minimum atomic E-state index is -4.31. The lowest BCUT2D eigenvalue weighted by Crippen LogP contribution is -2.43. The summed E-state index contributed by atoms with van der Waals surface area (Å²) in [5, 5.41) is 3.03. The second kappa shape index (κ2) is 6.20. The molecule has 17 heavy (non-hydrogen) atoms. The molecule has 100 valence electrons. The molecule has 0 radical (unpaired) electrons. The molecule has 1 N–H and O–H groups in total. The Labute approximate surface area is 98.1 Å². The summed E-state index contributed by atoms with van der Waals surface area (Å²) in [6.45, 7) is 1.91. The van der Waals surface area contributed by atoms with Gasteiger partial charge in [-0.25, -0.2) is 0 Å². The van der Waals surface area contributed by atoms with E-state index in [2.05, 4.69) is 10.1 Å². The van der Waals surface area contributed by atoms with Crippen molar-refractivity contribution in [1.29, 1.82) is 0 Å². The molecule has 1 rings (SSSR count). The maximum atomic E-state index is 11.8. The predicted molar refractivity (Wildman–Crippen MR) is 55.5 cm³/mol. The van der Waals surface area contributed by atoms with Gasteiger partial charge in [0.15, 0.2) is 0 Å². The third-order valence-electron chi connectivity index (χ3n) is 2.51. The number of nitrogens with zero attached hydrogens (tertiary/aromatic N) is 1. The molecule has 1 amide bonds. The van der Waals surface area contributed by atoms with E-state index in [0.717, 1.165) is 13.0 Å². The number of ether oxygens (including phenoxy) is 1. The van der Waals surface area contributed by atoms with Gasteiger partial charge in [-0.2, -0.15) is 13.2 Å². The normalized spacial score (nSPS) is 22.7. The Hall–Kier alpha value is -0.820. The van der Waals surface area contributed by atoms with Crippen molar-refractivity contribution in [2.75, 3.05) is 32.8 Å². The number of alkyl halides is 3. The minimum Gasteiger partial charge on any atom is -0.370 e. The van der Waals surface area contributed by atoms with Gasteiger partial charge in [0.1, 0.15) is 6.61 Å². The zero-order chi connectivity index (χ0) is 12.9. The fourth-order valence-electron chi connectivity index (χ4n) is 1.64. The van der Waals surface area contributed by atoms with Gasteiger partial charge in [-0.3, -0.25) is 4.79 Å². The van der Waals surface area contributed by atoms with Crippen LogP contribution in [0.15, 0.2) is 0 Å². The summed E-state index contributed by atoms with van der Waals surface area (Å²) < 4.78 is 39.9. The van der Waals surface area contributed by atoms with Crippen LogP contribution in [0.2, 0.25) is 0 Å². The molecular weight excluding hydrogens is 237 g/mol. The Morgan fingerprint density at radius 2 is 2.24 bits per heavy atom. The van der Waals surface area contributed by atoms with Crippen molar-refractivity contribution < 1.29 is 22.7 Å². The van der Waals surface area contributed by atoms with Crippen LogP contribution < -0.4 is 5.32 Å². The Morgan fingerprint density at radius 1 is 1.53 bits per heavy atom. The Balaban J connectivity index is 2.27. The van der Waals surface area contributed by atoms with E-state index < -0.39 is 12.8 Å². The van der Waals surface area contributed by atoms with Crippen molar-refractivity contribution in [1.82, 2.24) is 10.2 Å². The molecule has 0 aromatic heterocycles. The average molecular weight is 254 g/mol. The van der Waals surface area contributed by atoms with Crippen LogP contribution >= 0.6 is 0 Å². The van der Waals surface area contributed by atoms with Crippen LogP contribution in [-0.4, -0.2) is 55.9 Å². The molecule has 0 aromatic carbocycles. The van der Waals surface area contributed by atoms with Crippen molar-refractivity contribution >= 4 is 5.91 Å². The van der Waals surface area contributed by atoms with Crippen molar-refractivity contribution in [3.05, 3.63) is 0 Å². The SMILES string of the molecule is CC1NCCCN(CCOCC(F)(F)F)C1=O. The first kappa shape index (κ1) is 14.2. The Kier molecular flexibility index (Phi) is 5.20. The molecule has 7 heteroatoms. The van der Waals surface area contributed by atoms with E-state index in [9.17, 15) is 18.0 Å². The lowest BCUT2D eigenvalue weighted by atomic mass is 10.3. The van der Waals surface area contributed by atoms with E-state index >= 15 is 0 Å². The van der Waals surface area contributed by atoms with Crippen LogP contribution in [0, 0.1) is 0 Å². The number of amides is 1. The molecule has 0 bridgehead atoms. The molecule has 1 aliphatic rings. The molecule has 1 aliphatic heterocycles. The van der Waals surface area contributed by atoms with Gasteiger partial charge in [-0.15, -0.1) is 0 Å². The lowest BCUT2D eigenvalue weighted by molar-refractivity contribution is -0.174. The molecule has 0 aliphatic carbocycles. The maximum absolute atomic E-state index is 11.8. The number of nitrogens with one attached hydrogen (secondary N) is 1. The highest BCUT2D eigenvalue weighted by Crippen LogP contribution is 2.14. The van der Waals surface area contributed by atoms with Gasteiger partial charge in [0.2, 0.25) is 5.91 Å². The van der Waals surface area contributed by atoms with Gasteiger partial charge in [0.25, 0.3) is 0 Å². The highest BCUT2D eigenvalue weighted by atomic mass is 19.4. The predicted octanol–water partition coefficient (Wildman–Crippen LogP) is 0.776. The number of halogens is 3. The zero-order valence-corrected chi connectivity index (χ0v) is 9.72. The Morgan fingerprint density at radius 3 is 2.88 bits per heavy atom. The molecule has 0 saturated carbocycles. The standard InChI is InChI=1S/C10H17F3N2O2/c1-8-9(16)15(4-2-3-14-8)5-6-17-7-10(11,12)13/h8,14H,2-7H2,1H3. The maximum Gasteiger partial charge on any atom is 0.411 e. The highest BCUT2D eigenvalue weighted by Gasteiger charge is 2.28. The van der Waals surface area contributed by atoms with E-state index in [-0.39, 0.29) is 25.1 Å². The molecule has 1 unspecified atom stereocenters. The minimum absolute atomic E-state index is 0.0851. The summed E-state index contributed by atoms with van der Waals surface area (Å²) in [5.74, 6) is -0.0851. The number of hydrogen-bond acceptors (Lipinski definition) is 3.